The Morgan fingerprint density at radius 3 is 2.64 bits per heavy atom. The van der Waals surface area contributed by atoms with Crippen LogP contribution in [0.2, 0.25) is 0 Å². The number of hydrogen-bond acceptors (Lipinski definition) is 2. The first-order chi connectivity index (χ1) is 6.88. The molecule has 0 aromatic carbocycles. The van der Waals surface area contributed by atoms with Crippen LogP contribution in [0.4, 0.5) is 0 Å². The summed E-state index contributed by atoms with van der Waals surface area (Å²) in [5, 5.41) is 8.15. The molecular formula is C11H20N2O. The van der Waals surface area contributed by atoms with E-state index in [-0.39, 0.29) is 0 Å². The zero-order valence-electron chi connectivity index (χ0n) is 8.80. The number of nitrogens with one attached hydrogen (secondary N) is 1. The van der Waals surface area contributed by atoms with Crippen molar-refractivity contribution in [2.75, 3.05) is 26.3 Å². The Bertz CT molecular complexity index is 191. The highest BCUT2D eigenvalue weighted by atomic mass is 16.5. The highest BCUT2D eigenvalue weighted by molar-refractivity contribution is 5.81. The molecule has 0 atom stereocenters. The van der Waals surface area contributed by atoms with Gasteiger partial charge in [-0.15, -0.1) is 0 Å². The van der Waals surface area contributed by atoms with E-state index < -0.39 is 0 Å². The molecule has 1 saturated heterocycles. The van der Waals surface area contributed by atoms with Crippen LogP contribution in [0.1, 0.15) is 32.1 Å². The number of ether oxygens (including phenoxy) is 1. The van der Waals surface area contributed by atoms with E-state index in [1.807, 2.05) is 0 Å². The van der Waals surface area contributed by atoms with E-state index in [1.165, 1.54) is 25.7 Å². The second kappa shape index (κ2) is 4.78. The average molecular weight is 196 g/mol. The lowest BCUT2D eigenvalue weighted by Gasteiger charge is -2.26. The molecule has 3 nitrogen and oxygen atoms in total. The molecule has 1 N–H and O–H groups in total. The topological polar surface area (TPSA) is 36.3 Å². The van der Waals surface area contributed by atoms with E-state index in [0.717, 1.165) is 38.6 Å². The van der Waals surface area contributed by atoms with Gasteiger partial charge in [0.1, 0.15) is 0 Å². The lowest BCUT2D eigenvalue weighted by Crippen LogP contribution is -2.36. The highest BCUT2D eigenvalue weighted by Crippen LogP contribution is 2.26. The average Bonchev–Trinajstić information content (AvgIpc) is 2.59. The third-order valence-corrected chi connectivity index (χ3v) is 3.30. The molecule has 0 aromatic heterocycles. The number of nitrogens with zero attached hydrogens (tertiary/aromatic N) is 1. The molecule has 2 fully saturated rings. The van der Waals surface area contributed by atoms with Gasteiger partial charge in [-0.05, 0) is 19.3 Å². The van der Waals surface area contributed by atoms with Crippen molar-refractivity contribution in [1.29, 1.82) is 5.41 Å². The Balaban J connectivity index is 1.88. The van der Waals surface area contributed by atoms with Crippen LogP contribution < -0.4 is 0 Å². The van der Waals surface area contributed by atoms with Gasteiger partial charge in [0.2, 0.25) is 0 Å². The first-order valence-electron chi connectivity index (χ1n) is 5.79. The fourth-order valence-electron chi connectivity index (χ4n) is 2.44. The summed E-state index contributed by atoms with van der Waals surface area (Å²) in [7, 11) is 0. The molecule has 0 bridgehead atoms. The molecule has 1 aliphatic carbocycles. The van der Waals surface area contributed by atoms with Crippen LogP contribution in [0.5, 0.6) is 0 Å². The van der Waals surface area contributed by atoms with E-state index in [1.54, 1.807) is 0 Å². The van der Waals surface area contributed by atoms with Crippen molar-refractivity contribution in [3.63, 3.8) is 0 Å². The maximum Gasteiger partial charge on any atom is 0.0990 e. The Morgan fingerprint density at radius 1 is 1.07 bits per heavy atom. The summed E-state index contributed by atoms with van der Waals surface area (Å²) in [4.78, 5) is 2.23. The van der Waals surface area contributed by atoms with Crippen molar-refractivity contribution in [1.82, 2.24) is 4.90 Å². The molecule has 1 aliphatic heterocycles. The minimum Gasteiger partial charge on any atom is -0.380 e. The van der Waals surface area contributed by atoms with Crippen LogP contribution in [-0.4, -0.2) is 37.0 Å². The van der Waals surface area contributed by atoms with Gasteiger partial charge in [0.15, 0.2) is 0 Å². The van der Waals surface area contributed by atoms with Crippen LogP contribution in [0.15, 0.2) is 0 Å². The molecule has 2 aliphatic rings. The van der Waals surface area contributed by atoms with Gasteiger partial charge in [-0.3, -0.25) is 5.41 Å². The molecule has 2 rings (SSSR count). The van der Waals surface area contributed by atoms with Gasteiger partial charge in [-0.2, -0.15) is 0 Å². The van der Waals surface area contributed by atoms with Crippen molar-refractivity contribution in [2.24, 2.45) is 5.92 Å². The zero-order chi connectivity index (χ0) is 9.80. The van der Waals surface area contributed by atoms with Gasteiger partial charge in [-0.1, -0.05) is 12.8 Å². The van der Waals surface area contributed by atoms with Crippen molar-refractivity contribution in [2.45, 2.75) is 32.1 Å². The van der Waals surface area contributed by atoms with E-state index in [2.05, 4.69) is 4.90 Å². The summed E-state index contributed by atoms with van der Waals surface area (Å²) in [5.41, 5.74) is 0. The summed E-state index contributed by atoms with van der Waals surface area (Å²) >= 11 is 0. The molecule has 0 aromatic rings. The molecule has 3 heteroatoms. The van der Waals surface area contributed by atoms with Gasteiger partial charge in [0, 0.05) is 25.6 Å². The minimum atomic E-state index is 0.549. The summed E-state index contributed by atoms with van der Waals surface area (Å²) in [6.45, 7) is 3.62. The standard InChI is InChI=1S/C11H20N2O/c12-11(10-4-1-2-5-10)13-6-3-8-14-9-7-13/h10,12H,1-9H2. The van der Waals surface area contributed by atoms with Crippen LogP contribution in [0.25, 0.3) is 0 Å². The van der Waals surface area contributed by atoms with Crippen molar-refractivity contribution < 1.29 is 4.74 Å². The van der Waals surface area contributed by atoms with Gasteiger partial charge < -0.3 is 9.64 Å². The van der Waals surface area contributed by atoms with Crippen molar-refractivity contribution in [3.05, 3.63) is 0 Å². The maximum atomic E-state index is 8.15. The Labute approximate surface area is 85.9 Å². The molecule has 0 spiro atoms. The second-order valence-electron chi connectivity index (χ2n) is 4.32. The van der Waals surface area contributed by atoms with Crippen LogP contribution in [0, 0.1) is 11.3 Å². The molecule has 0 radical (unpaired) electrons. The Hall–Kier alpha value is -0.570. The molecule has 80 valence electrons. The lowest BCUT2D eigenvalue weighted by atomic mass is 10.1. The summed E-state index contributed by atoms with van der Waals surface area (Å²) in [6, 6.07) is 0. The van der Waals surface area contributed by atoms with Crippen LogP contribution in [0.3, 0.4) is 0 Å². The first-order valence-corrected chi connectivity index (χ1v) is 5.79. The van der Waals surface area contributed by atoms with Gasteiger partial charge in [0.25, 0.3) is 0 Å². The lowest BCUT2D eigenvalue weighted by molar-refractivity contribution is 0.147. The largest absolute Gasteiger partial charge is 0.380 e. The Kier molecular flexibility index (Phi) is 3.40. The monoisotopic (exact) mass is 196 g/mol. The van der Waals surface area contributed by atoms with Gasteiger partial charge >= 0.3 is 0 Å². The van der Waals surface area contributed by atoms with Crippen molar-refractivity contribution >= 4 is 5.84 Å². The van der Waals surface area contributed by atoms with Crippen molar-refractivity contribution in [3.8, 4) is 0 Å². The SMILES string of the molecule is N=C(C1CCCC1)N1CCCOCC1. The van der Waals surface area contributed by atoms with Crippen LogP contribution in [-0.2, 0) is 4.74 Å². The van der Waals surface area contributed by atoms with Crippen LogP contribution >= 0.6 is 0 Å². The van der Waals surface area contributed by atoms with E-state index in [9.17, 15) is 0 Å². The fourth-order valence-corrected chi connectivity index (χ4v) is 2.44. The van der Waals surface area contributed by atoms with E-state index in [4.69, 9.17) is 10.1 Å². The smallest absolute Gasteiger partial charge is 0.0990 e. The quantitative estimate of drug-likeness (QED) is 0.513. The van der Waals surface area contributed by atoms with Gasteiger partial charge in [-0.25, -0.2) is 0 Å². The summed E-state index contributed by atoms with van der Waals surface area (Å²) in [5.74, 6) is 1.43. The minimum absolute atomic E-state index is 0.549. The first kappa shape index (κ1) is 9.97. The fraction of sp³-hybridized carbons (Fsp3) is 0.909. The summed E-state index contributed by atoms with van der Waals surface area (Å²) in [6.07, 6.45) is 6.18. The van der Waals surface area contributed by atoms with E-state index >= 15 is 0 Å². The normalized spacial score (nSPS) is 25.0. The third-order valence-electron chi connectivity index (χ3n) is 3.30. The summed E-state index contributed by atoms with van der Waals surface area (Å²) < 4.78 is 5.40. The number of rotatable bonds is 1. The molecule has 1 heterocycles. The maximum absolute atomic E-state index is 8.15. The molecule has 0 unspecified atom stereocenters. The predicted octanol–water partition coefficient (Wildman–Crippen LogP) is 1.88. The Morgan fingerprint density at radius 2 is 1.86 bits per heavy atom. The third kappa shape index (κ3) is 2.27. The molecule has 1 saturated carbocycles. The number of hydrogen-bond donors (Lipinski definition) is 1. The molecule has 14 heavy (non-hydrogen) atoms. The molecule has 0 amide bonds. The number of amidine groups is 1. The molecular weight excluding hydrogens is 176 g/mol. The zero-order valence-corrected chi connectivity index (χ0v) is 8.80. The van der Waals surface area contributed by atoms with E-state index in [0.29, 0.717) is 5.92 Å². The second-order valence-corrected chi connectivity index (χ2v) is 4.32. The van der Waals surface area contributed by atoms with Gasteiger partial charge in [0.05, 0.1) is 12.4 Å². The predicted molar refractivity (Wildman–Crippen MR) is 56.7 cm³/mol. The highest BCUT2D eigenvalue weighted by Gasteiger charge is 2.24.